The molecule has 3 aromatic rings. The molecule has 47 heavy (non-hydrogen) atoms. The Kier molecular flexibility index (Phi) is 12.1. The molecule has 0 bridgehead atoms. The molecule has 0 atom stereocenters. The lowest BCUT2D eigenvalue weighted by atomic mass is 9.98. The van der Waals surface area contributed by atoms with E-state index < -0.39 is 34.3 Å². The van der Waals surface area contributed by atoms with Crippen molar-refractivity contribution >= 4 is 39.0 Å². The number of ether oxygens (including phenoxy) is 3. The number of alkyl carbamates (subject to hydrolysis) is 1. The second-order valence-electron chi connectivity index (χ2n) is 11.0. The maximum Gasteiger partial charge on any atom is 0.407 e. The first-order valence-corrected chi connectivity index (χ1v) is 17.0. The van der Waals surface area contributed by atoms with Crippen molar-refractivity contribution in [2.75, 3.05) is 46.4 Å². The van der Waals surface area contributed by atoms with Gasteiger partial charge in [0.2, 0.25) is 10.0 Å². The summed E-state index contributed by atoms with van der Waals surface area (Å²) in [5.41, 5.74) is 0.553. The Balaban J connectivity index is 1.58. The number of carbonyl (C=O) groups excluding carboxylic acids is 3. The average Bonchev–Trinajstić information content (AvgIpc) is 3.05. The highest BCUT2D eigenvalue weighted by Crippen LogP contribution is 2.26. The van der Waals surface area contributed by atoms with Crippen molar-refractivity contribution in [1.29, 1.82) is 0 Å². The van der Waals surface area contributed by atoms with E-state index in [1.54, 1.807) is 32.9 Å². The summed E-state index contributed by atoms with van der Waals surface area (Å²) in [6, 6.07) is 7.37. The molecule has 15 heteroatoms. The number of nitrogens with zero attached hydrogens (tertiary/aromatic N) is 3. The zero-order chi connectivity index (χ0) is 34.1. The summed E-state index contributed by atoms with van der Waals surface area (Å²) < 4.78 is 45.0. The van der Waals surface area contributed by atoms with Gasteiger partial charge in [0.15, 0.2) is 12.4 Å². The van der Waals surface area contributed by atoms with E-state index in [9.17, 15) is 27.6 Å². The van der Waals surface area contributed by atoms with Gasteiger partial charge >= 0.3 is 18.0 Å². The number of hydrogen-bond donors (Lipinski definition) is 2. The number of nitrogens with one attached hydrogen (secondary N) is 2. The van der Waals surface area contributed by atoms with Crippen LogP contribution in [0.15, 0.2) is 40.0 Å². The maximum atomic E-state index is 14.2. The van der Waals surface area contributed by atoms with Crippen molar-refractivity contribution in [3.8, 4) is 5.69 Å². The number of sulfonamides is 1. The van der Waals surface area contributed by atoms with Crippen LogP contribution in [-0.2, 0) is 35.6 Å². The van der Waals surface area contributed by atoms with Crippen molar-refractivity contribution in [2.24, 2.45) is 0 Å². The second kappa shape index (κ2) is 16.0. The van der Waals surface area contributed by atoms with Gasteiger partial charge in [0.05, 0.1) is 41.7 Å². The van der Waals surface area contributed by atoms with Crippen LogP contribution in [0.3, 0.4) is 0 Å². The fourth-order valence-electron chi connectivity index (χ4n) is 5.58. The number of aryl methyl sites for hydroxylation is 2. The average molecular weight is 672 g/mol. The fourth-order valence-corrected chi connectivity index (χ4v) is 6.50. The third kappa shape index (κ3) is 8.53. The molecule has 1 saturated heterocycles. The van der Waals surface area contributed by atoms with Gasteiger partial charge in [-0.05, 0) is 83.1 Å². The molecule has 1 aromatic heterocycles. The predicted molar refractivity (Wildman–Crippen MR) is 173 cm³/mol. The molecular weight excluding hydrogens is 630 g/mol. The Morgan fingerprint density at radius 3 is 2.45 bits per heavy atom. The molecule has 14 nitrogen and oxygen atoms in total. The molecule has 1 aliphatic rings. The molecule has 0 spiro atoms. The number of hydrogen-bond acceptors (Lipinski definition) is 11. The molecule has 1 fully saturated rings. The maximum absolute atomic E-state index is 14.2. The van der Waals surface area contributed by atoms with Crippen LogP contribution in [0.4, 0.5) is 4.79 Å². The number of piperidine rings is 1. The number of esters is 2. The monoisotopic (exact) mass is 671 g/mol. The quantitative estimate of drug-likeness (QED) is 0.155. The van der Waals surface area contributed by atoms with E-state index >= 15 is 0 Å². The van der Waals surface area contributed by atoms with E-state index in [1.807, 2.05) is 0 Å². The smallest absolute Gasteiger partial charge is 0.407 e. The van der Waals surface area contributed by atoms with Crippen LogP contribution in [0, 0.1) is 13.8 Å². The number of carbonyl (C=O) groups is 3. The first kappa shape index (κ1) is 35.5. The lowest BCUT2D eigenvalue weighted by molar-refractivity contribution is -0.143. The molecule has 0 aliphatic carbocycles. The molecule has 2 N–H and O–H groups in total. The van der Waals surface area contributed by atoms with Gasteiger partial charge < -0.3 is 24.4 Å². The number of benzene rings is 2. The number of aromatic nitrogens is 2. The third-order valence-electron chi connectivity index (χ3n) is 7.87. The highest BCUT2D eigenvalue weighted by atomic mass is 32.2. The van der Waals surface area contributed by atoms with Gasteiger partial charge in [-0.15, -0.1) is 0 Å². The number of fused-ring (bicyclic) bond motifs is 1. The Morgan fingerprint density at radius 2 is 1.74 bits per heavy atom. The topological polar surface area (TPSA) is 175 Å². The molecule has 0 radical (unpaired) electrons. The molecule has 1 aliphatic heterocycles. The largest absolute Gasteiger partial charge is 0.464 e. The van der Waals surface area contributed by atoms with E-state index in [0.29, 0.717) is 17.7 Å². The molecule has 1 amide bonds. The Hall–Kier alpha value is -4.34. The summed E-state index contributed by atoms with van der Waals surface area (Å²) in [6.45, 7) is 7.09. The molecule has 2 aromatic carbocycles. The van der Waals surface area contributed by atoms with Crippen LogP contribution in [0.2, 0.25) is 0 Å². The summed E-state index contributed by atoms with van der Waals surface area (Å²) in [5.74, 6) is -1.03. The van der Waals surface area contributed by atoms with Crippen molar-refractivity contribution in [2.45, 2.75) is 58.0 Å². The Bertz CT molecular complexity index is 1800. The second-order valence-corrected chi connectivity index (χ2v) is 12.9. The molecule has 0 unspecified atom stereocenters. The number of rotatable bonds is 13. The van der Waals surface area contributed by atoms with Crippen LogP contribution in [0.1, 0.15) is 59.9 Å². The molecular formula is C32H41N5O9S. The zero-order valence-corrected chi connectivity index (χ0v) is 27.9. The minimum atomic E-state index is -4.05. The summed E-state index contributed by atoms with van der Waals surface area (Å²) in [6.07, 6.45) is 2.87. The lowest BCUT2D eigenvalue weighted by Crippen LogP contribution is -2.33. The van der Waals surface area contributed by atoms with E-state index in [0.717, 1.165) is 30.5 Å². The molecule has 254 valence electrons. The van der Waals surface area contributed by atoms with E-state index in [4.69, 9.17) is 14.2 Å². The SMILES string of the molecule is CCOC(=O)c1c(C)cc2nc(COC(=O)NCCOC(=O)CCN3CCCCC3)n(-c3ccccc3S(=O)(=O)NC)c(=O)c2c1C. The summed E-state index contributed by atoms with van der Waals surface area (Å²) in [5, 5.41) is 2.57. The normalized spacial score (nSPS) is 13.7. The van der Waals surface area contributed by atoms with Gasteiger partial charge in [-0.1, -0.05) is 18.6 Å². The van der Waals surface area contributed by atoms with E-state index in [1.165, 1.54) is 31.7 Å². The molecule has 2 heterocycles. The van der Waals surface area contributed by atoms with Crippen molar-refractivity contribution in [1.82, 2.24) is 24.5 Å². The minimum absolute atomic E-state index is 0.00941. The summed E-state index contributed by atoms with van der Waals surface area (Å²) in [4.78, 5) is 58.3. The van der Waals surface area contributed by atoms with Crippen LogP contribution in [0.25, 0.3) is 16.6 Å². The van der Waals surface area contributed by atoms with Crippen molar-refractivity contribution < 1.29 is 37.0 Å². The standard InChI is InChI=1S/C32H41N5O9S/c1-5-44-31(40)28-21(2)19-23-29(22(28)3)30(39)37(24-11-7-8-12-25(24)47(42,43)33-4)26(35-23)20-46-32(41)34-14-18-45-27(38)13-17-36-15-9-6-10-16-36/h7-8,11-12,19,33H,5-6,9-10,13-18,20H2,1-4H3,(H,34,41). The van der Waals surface area contributed by atoms with Crippen LogP contribution in [-0.4, -0.2) is 87.3 Å². The van der Waals surface area contributed by atoms with Gasteiger partial charge in [0.25, 0.3) is 5.56 Å². The van der Waals surface area contributed by atoms with Crippen molar-refractivity contribution in [3.63, 3.8) is 0 Å². The highest BCUT2D eigenvalue weighted by molar-refractivity contribution is 7.89. The summed E-state index contributed by atoms with van der Waals surface area (Å²) >= 11 is 0. The van der Waals surface area contributed by atoms with Crippen molar-refractivity contribution in [3.05, 3.63) is 63.2 Å². The third-order valence-corrected chi connectivity index (χ3v) is 9.33. The van der Waals surface area contributed by atoms with Crippen LogP contribution < -0.4 is 15.6 Å². The predicted octanol–water partition coefficient (Wildman–Crippen LogP) is 2.73. The lowest BCUT2D eigenvalue weighted by Gasteiger charge is -2.25. The first-order valence-electron chi connectivity index (χ1n) is 15.5. The fraction of sp³-hybridized carbons (Fsp3) is 0.469. The van der Waals surface area contributed by atoms with E-state index in [2.05, 4.69) is 19.9 Å². The van der Waals surface area contributed by atoms with Gasteiger partial charge in [-0.3, -0.25) is 14.2 Å². The Labute approximate surface area is 273 Å². The number of likely N-dealkylation sites (tertiary alicyclic amines) is 1. The minimum Gasteiger partial charge on any atom is -0.464 e. The zero-order valence-electron chi connectivity index (χ0n) is 27.1. The first-order chi connectivity index (χ1) is 22.5. The summed E-state index contributed by atoms with van der Waals surface area (Å²) in [7, 11) is -2.81. The Morgan fingerprint density at radius 1 is 1.02 bits per heavy atom. The highest BCUT2D eigenvalue weighted by Gasteiger charge is 2.25. The van der Waals surface area contributed by atoms with Crippen LogP contribution >= 0.6 is 0 Å². The van der Waals surface area contributed by atoms with Gasteiger partial charge in [0.1, 0.15) is 11.5 Å². The number of para-hydroxylation sites is 1. The molecule has 4 rings (SSSR count). The van der Waals surface area contributed by atoms with Gasteiger partial charge in [-0.25, -0.2) is 27.7 Å². The number of amides is 1. The van der Waals surface area contributed by atoms with Gasteiger partial charge in [-0.2, -0.15) is 0 Å². The molecule has 0 saturated carbocycles. The van der Waals surface area contributed by atoms with Crippen LogP contribution in [0.5, 0.6) is 0 Å². The van der Waals surface area contributed by atoms with Gasteiger partial charge in [0, 0.05) is 6.54 Å². The van der Waals surface area contributed by atoms with E-state index in [-0.39, 0.29) is 65.0 Å².